The molecule has 1 aromatic heterocycles. The van der Waals surface area contributed by atoms with Gasteiger partial charge in [0.15, 0.2) is 5.13 Å². The van der Waals surface area contributed by atoms with Crippen molar-refractivity contribution < 1.29 is 14.3 Å². The lowest BCUT2D eigenvalue weighted by atomic mass is 10.2. The maximum atomic E-state index is 12.2. The van der Waals surface area contributed by atoms with E-state index < -0.39 is 0 Å². The largest absolute Gasteiger partial charge is 0.497 e. The summed E-state index contributed by atoms with van der Waals surface area (Å²) in [6.07, 6.45) is 0. The third-order valence-corrected chi connectivity index (χ3v) is 5.11. The van der Waals surface area contributed by atoms with Gasteiger partial charge in [-0.05, 0) is 25.1 Å². The molecule has 2 aromatic rings. The van der Waals surface area contributed by atoms with Gasteiger partial charge < -0.3 is 10.5 Å². The van der Waals surface area contributed by atoms with Crippen LogP contribution in [0.25, 0.3) is 0 Å². The molecular weight excluding hydrogens is 322 g/mol. The van der Waals surface area contributed by atoms with Crippen LogP contribution in [0.4, 0.5) is 5.13 Å². The van der Waals surface area contributed by atoms with E-state index in [1.54, 1.807) is 31.4 Å². The number of aryl methyl sites for hydroxylation is 1. The third kappa shape index (κ3) is 4.22. The molecule has 2 amide bonds. The highest BCUT2D eigenvalue weighted by molar-refractivity contribution is 8.01. The number of thiazole rings is 1. The number of primary amides is 1. The number of amides is 2. The molecule has 0 aliphatic heterocycles. The molecule has 116 valence electrons. The fourth-order valence-electron chi connectivity index (χ4n) is 1.64. The van der Waals surface area contributed by atoms with E-state index in [-0.39, 0.29) is 17.6 Å². The zero-order valence-electron chi connectivity index (χ0n) is 12.1. The van der Waals surface area contributed by atoms with Gasteiger partial charge in [0.1, 0.15) is 5.75 Å². The predicted molar refractivity (Wildman–Crippen MR) is 87.7 cm³/mol. The second-order valence-corrected chi connectivity index (χ2v) is 6.58. The molecule has 1 heterocycles. The van der Waals surface area contributed by atoms with Crippen molar-refractivity contribution in [3.63, 3.8) is 0 Å². The van der Waals surface area contributed by atoms with E-state index in [0.717, 1.165) is 9.90 Å². The molecule has 0 aliphatic carbocycles. The molecule has 0 atom stereocenters. The molecule has 0 bridgehead atoms. The van der Waals surface area contributed by atoms with Gasteiger partial charge in [-0.15, -0.1) is 11.8 Å². The van der Waals surface area contributed by atoms with Crippen molar-refractivity contribution in [3.8, 4) is 5.75 Å². The molecule has 0 radical (unpaired) electrons. The molecule has 0 fully saturated rings. The molecule has 1 aromatic carbocycles. The lowest BCUT2D eigenvalue weighted by Crippen LogP contribution is -2.12. The van der Waals surface area contributed by atoms with Crippen LogP contribution in [0.5, 0.6) is 5.75 Å². The predicted octanol–water partition coefficient (Wildman–Crippen LogP) is 2.29. The minimum atomic E-state index is -0.389. The summed E-state index contributed by atoms with van der Waals surface area (Å²) in [5, 5.41) is 3.23. The maximum absolute atomic E-state index is 12.2. The summed E-state index contributed by atoms with van der Waals surface area (Å²) in [5.74, 6) is 0.145. The van der Waals surface area contributed by atoms with Crippen LogP contribution in [0.3, 0.4) is 0 Å². The van der Waals surface area contributed by atoms with Crippen molar-refractivity contribution in [2.45, 2.75) is 11.1 Å². The smallest absolute Gasteiger partial charge is 0.257 e. The SMILES string of the molecule is COc1cccc(C(=O)Nc2nc(C)c(SCC(N)=O)s2)c1. The number of carbonyl (C=O) groups excluding carboxylic acids is 2. The highest BCUT2D eigenvalue weighted by Gasteiger charge is 2.13. The minimum absolute atomic E-state index is 0.187. The first-order chi connectivity index (χ1) is 10.5. The van der Waals surface area contributed by atoms with Crippen LogP contribution >= 0.6 is 23.1 Å². The Morgan fingerprint density at radius 2 is 2.23 bits per heavy atom. The summed E-state index contributed by atoms with van der Waals surface area (Å²) >= 11 is 2.63. The highest BCUT2D eigenvalue weighted by Crippen LogP contribution is 2.32. The fourth-order valence-corrected chi connectivity index (χ4v) is 3.51. The number of nitrogens with two attached hydrogens (primary N) is 1. The average molecular weight is 337 g/mol. The zero-order chi connectivity index (χ0) is 16.1. The van der Waals surface area contributed by atoms with E-state index in [4.69, 9.17) is 10.5 Å². The Labute approximate surface area is 136 Å². The average Bonchev–Trinajstić information content (AvgIpc) is 2.84. The van der Waals surface area contributed by atoms with E-state index in [2.05, 4.69) is 10.3 Å². The second-order valence-electron chi connectivity index (χ2n) is 4.33. The minimum Gasteiger partial charge on any atom is -0.497 e. The van der Waals surface area contributed by atoms with Crippen LogP contribution in [0, 0.1) is 6.92 Å². The normalized spacial score (nSPS) is 10.3. The molecule has 0 saturated heterocycles. The Balaban J connectivity index is 2.08. The van der Waals surface area contributed by atoms with Crippen LogP contribution < -0.4 is 15.8 Å². The molecule has 8 heteroatoms. The Kier molecular flexibility index (Phi) is 5.40. The first kappa shape index (κ1) is 16.3. The monoisotopic (exact) mass is 337 g/mol. The lowest BCUT2D eigenvalue weighted by Gasteiger charge is -2.04. The molecule has 22 heavy (non-hydrogen) atoms. The third-order valence-electron chi connectivity index (χ3n) is 2.65. The number of hydrogen-bond acceptors (Lipinski definition) is 6. The van der Waals surface area contributed by atoms with E-state index in [0.29, 0.717) is 16.4 Å². The molecule has 2 rings (SSSR count). The number of anilines is 1. The summed E-state index contributed by atoms with van der Waals surface area (Å²) in [7, 11) is 1.55. The number of thioether (sulfide) groups is 1. The van der Waals surface area contributed by atoms with E-state index in [1.807, 2.05) is 6.92 Å². The van der Waals surface area contributed by atoms with Gasteiger partial charge >= 0.3 is 0 Å². The van der Waals surface area contributed by atoms with E-state index >= 15 is 0 Å². The summed E-state index contributed by atoms with van der Waals surface area (Å²) < 4.78 is 5.95. The number of nitrogens with one attached hydrogen (secondary N) is 1. The standard InChI is InChI=1S/C14H15N3O3S2/c1-8-13(21-7-11(15)18)22-14(16-8)17-12(19)9-4-3-5-10(6-9)20-2/h3-6H,7H2,1-2H3,(H2,15,18)(H,16,17,19). The van der Waals surface area contributed by atoms with Gasteiger partial charge in [-0.25, -0.2) is 4.98 Å². The van der Waals surface area contributed by atoms with Gasteiger partial charge in [-0.3, -0.25) is 14.9 Å². The van der Waals surface area contributed by atoms with Gasteiger partial charge in [0, 0.05) is 5.56 Å². The number of nitrogens with zero attached hydrogens (tertiary/aromatic N) is 1. The van der Waals surface area contributed by atoms with E-state index in [9.17, 15) is 9.59 Å². The number of ether oxygens (including phenoxy) is 1. The fraction of sp³-hybridized carbons (Fsp3) is 0.214. The number of hydrogen-bond donors (Lipinski definition) is 2. The van der Waals surface area contributed by atoms with Gasteiger partial charge in [-0.1, -0.05) is 17.4 Å². The highest BCUT2D eigenvalue weighted by atomic mass is 32.2. The van der Waals surface area contributed by atoms with Gasteiger partial charge in [0.25, 0.3) is 5.91 Å². The first-order valence-corrected chi connectivity index (χ1v) is 8.13. The quantitative estimate of drug-likeness (QED) is 0.789. The Hall–Kier alpha value is -2.06. The Bertz CT molecular complexity index is 700. The Morgan fingerprint density at radius 3 is 2.91 bits per heavy atom. The molecule has 0 saturated carbocycles. The summed E-state index contributed by atoms with van der Waals surface area (Å²) in [6.45, 7) is 1.82. The van der Waals surface area contributed by atoms with Crippen molar-refractivity contribution in [3.05, 3.63) is 35.5 Å². The van der Waals surface area contributed by atoms with Gasteiger partial charge in [0.05, 0.1) is 22.8 Å². The number of methoxy groups -OCH3 is 1. The number of rotatable bonds is 6. The van der Waals surface area contributed by atoms with Crippen molar-refractivity contribution in [2.75, 3.05) is 18.2 Å². The first-order valence-electron chi connectivity index (χ1n) is 6.33. The van der Waals surface area contributed by atoms with Crippen LogP contribution in [0.2, 0.25) is 0 Å². The van der Waals surface area contributed by atoms with Crippen molar-refractivity contribution in [1.82, 2.24) is 4.98 Å². The molecule has 0 spiro atoms. The van der Waals surface area contributed by atoms with Crippen LogP contribution in [-0.2, 0) is 4.79 Å². The molecule has 6 nitrogen and oxygen atoms in total. The molecular formula is C14H15N3O3S2. The van der Waals surface area contributed by atoms with E-state index in [1.165, 1.54) is 23.1 Å². The number of aromatic nitrogens is 1. The zero-order valence-corrected chi connectivity index (χ0v) is 13.7. The second kappa shape index (κ2) is 7.28. The molecule has 3 N–H and O–H groups in total. The molecule has 0 aliphatic rings. The molecule has 0 unspecified atom stereocenters. The summed E-state index contributed by atoms with van der Waals surface area (Å²) in [4.78, 5) is 27.3. The summed E-state index contributed by atoms with van der Waals surface area (Å²) in [5.41, 5.74) is 6.37. The van der Waals surface area contributed by atoms with Crippen molar-refractivity contribution >= 4 is 40.0 Å². The van der Waals surface area contributed by atoms with Crippen molar-refractivity contribution in [1.29, 1.82) is 0 Å². The number of benzene rings is 1. The van der Waals surface area contributed by atoms with Crippen LogP contribution in [0.1, 0.15) is 16.1 Å². The van der Waals surface area contributed by atoms with Crippen LogP contribution in [0.15, 0.2) is 28.5 Å². The maximum Gasteiger partial charge on any atom is 0.257 e. The summed E-state index contributed by atoms with van der Waals surface area (Å²) in [6, 6.07) is 6.86. The lowest BCUT2D eigenvalue weighted by molar-refractivity contribution is -0.115. The van der Waals surface area contributed by atoms with Gasteiger partial charge in [-0.2, -0.15) is 0 Å². The van der Waals surface area contributed by atoms with Crippen LogP contribution in [-0.4, -0.2) is 29.7 Å². The Morgan fingerprint density at radius 1 is 1.45 bits per heavy atom. The van der Waals surface area contributed by atoms with Crippen molar-refractivity contribution in [2.24, 2.45) is 5.73 Å². The number of carbonyl (C=O) groups is 2. The topological polar surface area (TPSA) is 94.3 Å². The van der Waals surface area contributed by atoms with Gasteiger partial charge in [0.2, 0.25) is 5.91 Å².